The minimum absolute atomic E-state index is 0.0226. The van der Waals surface area contributed by atoms with E-state index in [1.807, 2.05) is 48.5 Å². The normalized spacial score (nSPS) is 14.7. The highest BCUT2D eigenvalue weighted by Crippen LogP contribution is 2.23. The van der Waals surface area contributed by atoms with Crippen molar-refractivity contribution in [3.63, 3.8) is 0 Å². The van der Waals surface area contributed by atoms with Crippen molar-refractivity contribution in [1.29, 1.82) is 0 Å². The van der Waals surface area contributed by atoms with Gasteiger partial charge in [0.1, 0.15) is 18.7 Å². The van der Waals surface area contributed by atoms with Gasteiger partial charge in [-0.05, 0) is 68.5 Å². The largest absolute Gasteiger partial charge is 0.463 e. The van der Waals surface area contributed by atoms with Crippen LogP contribution in [-0.4, -0.2) is 59.9 Å². The Morgan fingerprint density at radius 2 is 1.61 bits per heavy atom. The van der Waals surface area contributed by atoms with E-state index in [1.165, 1.54) is 12.1 Å². The molecule has 1 aliphatic rings. The van der Waals surface area contributed by atoms with Crippen molar-refractivity contribution in [2.75, 3.05) is 23.8 Å². The standard InChI is InChI=1S/C35H38N4O7/c1-2-45-31(40)21-10-9-19-29(38-35(44)46-24-25-13-5-3-6-14-25)32(41)37-28-18-11-15-26(23-28)34(43)39-22-12-20-30(39)33(42)36-27-16-7-4-8-17-27/h3-8,10-11,13-18,21,23,29-30H,2,9,12,19-20,22,24H2,1H3,(H,36,42)(H,37,41)(H,38,44)/b21-10+/t29-,30+/m0/s1. The molecule has 0 aliphatic carbocycles. The molecule has 3 aromatic rings. The summed E-state index contributed by atoms with van der Waals surface area (Å²) in [5.41, 5.74) is 2.09. The summed E-state index contributed by atoms with van der Waals surface area (Å²) in [6.07, 6.45) is 3.73. The second-order valence-electron chi connectivity index (χ2n) is 10.6. The highest BCUT2D eigenvalue weighted by Gasteiger charge is 2.34. The molecular formula is C35H38N4O7. The molecule has 0 radical (unpaired) electrons. The number of allylic oxidation sites excluding steroid dienone is 1. The summed E-state index contributed by atoms with van der Waals surface area (Å²) in [5, 5.41) is 8.24. The minimum atomic E-state index is -1.01. The Kier molecular flexibility index (Phi) is 12.5. The van der Waals surface area contributed by atoms with Gasteiger partial charge in [0.15, 0.2) is 0 Å². The Labute approximate surface area is 267 Å². The average molecular weight is 627 g/mol. The fraction of sp³-hybridized carbons (Fsp3) is 0.286. The molecule has 0 spiro atoms. The van der Waals surface area contributed by atoms with Gasteiger partial charge in [0.05, 0.1) is 6.61 Å². The van der Waals surface area contributed by atoms with Crippen molar-refractivity contribution in [3.05, 3.63) is 108 Å². The number of amides is 4. The van der Waals surface area contributed by atoms with Crippen LogP contribution in [0.15, 0.2) is 97.1 Å². The van der Waals surface area contributed by atoms with Gasteiger partial charge in [-0.3, -0.25) is 14.4 Å². The van der Waals surface area contributed by atoms with Crippen molar-refractivity contribution < 1.29 is 33.4 Å². The van der Waals surface area contributed by atoms with Gasteiger partial charge in [0, 0.05) is 29.6 Å². The van der Waals surface area contributed by atoms with E-state index in [4.69, 9.17) is 9.47 Å². The summed E-state index contributed by atoms with van der Waals surface area (Å²) in [6.45, 7) is 2.39. The number of nitrogens with one attached hydrogen (secondary N) is 3. The van der Waals surface area contributed by atoms with Gasteiger partial charge >= 0.3 is 12.1 Å². The fourth-order valence-electron chi connectivity index (χ4n) is 4.96. The number of carbonyl (C=O) groups excluding carboxylic acids is 5. The SMILES string of the molecule is CCOC(=O)/C=C/CC[C@H](NC(=O)OCc1ccccc1)C(=O)Nc1cccc(C(=O)N2CCC[C@@H]2C(=O)Nc2ccccc2)c1. The van der Waals surface area contributed by atoms with Crippen LogP contribution in [0.2, 0.25) is 0 Å². The zero-order chi connectivity index (χ0) is 32.7. The molecule has 240 valence electrons. The van der Waals surface area contributed by atoms with E-state index in [9.17, 15) is 24.0 Å². The Hall–Kier alpha value is -5.45. The number of anilines is 2. The first-order valence-electron chi connectivity index (χ1n) is 15.2. The lowest BCUT2D eigenvalue weighted by Gasteiger charge is -2.24. The average Bonchev–Trinajstić information content (AvgIpc) is 3.56. The van der Waals surface area contributed by atoms with Crippen LogP contribution in [0, 0.1) is 0 Å². The van der Waals surface area contributed by atoms with Crippen molar-refractivity contribution in [1.82, 2.24) is 10.2 Å². The predicted octanol–water partition coefficient (Wildman–Crippen LogP) is 5.06. The maximum atomic E-state index is 13.5. The molecule has 3 aromatic carbocycles. The van der Waals surface area contributed by atoms with E-state index in [1.54, 1.807) is 48.2 Å². The smallest absolute Gasteiger partial charge is 0.408 e. The lowest BCUT2D eigenvalue weighted by Crippen LogP contribution is -2.44. The van der Waals surface area contributed by atoms with Crippen LogP contribution in [-0.2, 0) is 30.5 Å². The monoisotopic (exact) mass is 626 g/mol. The number of para-hydroxylation sites is 1. The topological polar surface area (TPSA) is 143 Å². The van der Waals surface area contributed by atoms with Gasteiger partial charge < -0.3 is 30.3 Å². The molecule has 0 bridgehead atoms. The molecule has 4 amide bonds. The van der Waals surface area contributed by atoms with Gasteiger partial charge in [-0.1, -0.05) is 60.7 Å². The molecule has 3 N–H and O–H groups in total. The number of nitrogens with zero attached hydrogens (tertiary/aromatic N) is 1. The van der Waals surface area contributed by atoms with Gasteiger partial charge in [-0.2, -0.15) is 0 Å². The fourth-order valence-corrected chi connectivity index (χ4v) is 4.96. The molecule has 11 heteroatoms. The predicted molar refractivity (Wildman–Crippen MR) is 173 cm³/mol. The summed E-state index contributed by atoms with van der Waals surface area (Å²) in [4.78, 5) is 65.7. The van der Waals surface area contributed by atoms with Crippen LogP contribution in [0.25, 0.3) is 0 Å². The van der Waals surface area contributed by atoms with Crippen molar-refractivity contribution in [2.24, 2.45) is 0 Å². The molecule has 1 aliphatic heterocycles. The third-order valence-electron chi connectivity index (χ3n) is 7.22. The summed E-state index contributed by atoms with van der Waals surface area (Å²) in [6, 6.07) is 23.0. The number of esters is 1. The summed E-state index contributed by atoms with van der Waals surface area (Å²) < 4.78 is 10.2. The molecule has 4 rings (SSSR count). The van der Waals surface area contributed by atoms with Crippen molar-refractivity contribution in [3.8, 4) is 0 Å². The van der Waals surface area contributed by atoms with E-state index in [-0.39, 0.29) is 37.9 Å². The van der Waals surface area contributed by atoms with E-state index < -0.39 is 30.1 Å². The Bertz CT molecular complexity index is 1530. The number of hydrogen-bond acceptors (Lipinski definition) is 7. The second-order valence-corrected chi connectivity index (χ2v) is 10.6. The molecule has 0 aromatic heterocycles. The molecule has 46 heavy (non-hydrogen) atoms. The Balaban J connectivity index is 1.40. The highest BCUT2D eigenvalue weighted by atomic mass is 16.5. The van der Waals surface area contributed by atoms with E-state index in [2.05, 4.69) is 16.0 Å². The van der Waals surface area contributed by atoms with Crippen LogP contribution < -0.4 is 16.0 Å². The zero-order valence-corrected chi connectivity index (χ0v) is 25.6. The number of likely N-dealkylation sites (tertiary alicyclic amines) is 1. The molecule has 0 unspecified atom stereocenters. The highest BCUT2D eigenvalue weighted by molar-refractivity contribution is 6.03. The second kappa shape index (κ2) is 17.1. The lowest BCUT2D eigenvalue weighted by molar-refractivity contribution is -0.137. The minimum Gasteiger partial charge on any atom is -0.463 e. The van der Waals surface area contributed by atoms with Crippen LogP contribution >= 0.6 is 0 Å². The van der Waals surface area contributed by atoms with E-state index >= 15 is 0 Å². The number of alkyl carbamates (subject to hydrolysis) is 1. The summed E-state index contributed by atoms with van der Waals surface area (Å²) in [5.74, 6) is -1.62. The molecule has 11 nitrogen and oxygen atoms in total. The van der Waals surface area contributed by atoms with Crippen LogP contribution in [0.5, 0.6) is 0 Å². The molecule has 0 saturated carbocycles. The lowest BCUT2D eigenvalue weighted by atomic mass is 10.1. The Morgan fingerprint density at radius 3 is 2.35 bits per heavy atom. The van der Waals surface area contributed by atoms with Crippen molar-refractivity contribution in [2.45, 2.75) is 51.3 Å². The van der Waals surface area contributed by atoms with Gasteiger partial charge in [-0.15, -0.1) is 0 Å². The van der Waals surface area contributed by atoms with Crippen LogP contribution in [0.3, 0.4) is 0 Å². The van der Waals surface area contributed by atoms with Crippen LogP contribution in [0.4, 0.5) is 16.2 Å². The Morgan fingerprint density at radius 1 is 0.891 bits per heavy atom. The molecule has 1 saturated heterocycles. The molecule has 1 heterocycles. The van der Waals surface area contributed by atoms with Crippen LogP contribution in [0.1, 0.15) is 48.5 Å². The first-order chi connectivity index (χ1) is 22.3. The summed E-state index contributed by atoms with van der Waals surface area (Å²) in [7, 11) is 0. The number of benzene rings is 3. The van der Waals surface area contributed by atoms with Crippen molar-refractivity contribution >= 4 is 41.2 Å². The van der Waals surface area contributed by atoms with Gasteiger partial charge in [0.2, 0.25) is 11.8 Å². The first-order valence-corrected chi connectivity index (χ1v) is 15.2. The quantitative estimate of drug-likeness (QED) is 0.178. The first kappa shape index (κ1) is 33.4. The maximum Gasteiger partial charge on any atom is 0.408 e. The molecule has 1 fully saturated rings. The molecular weight excluding hydrogens is 588 g/mol. The third-order valence-corrected chi connectivity index (χ3v) is 7.22. The number of hydrogen-bond donors (Lipinski definition) is 3. The zero-order valence-electron chi connectivity index (χ0n) is 25.6. The maximum absolute atomic E-state index is 13.5. The summed E-state index contributed by atoms with van der Waals surface area (Å²) >= 11 is 0. The number of rotatable bonds is 13. The van der Waals surface area contributed by atoms with Gasteiger partial charge in [0.25, 0.3) is 5.91 Å². The van der Waals surface area contributed by atoms with E-state index in [0.717, 1.165) is 5.56 Å². The number of ether oxygens (including phenoxy) is 2. The van der Waals surface area contributed by atoms with E-state index in [0.29, 0.717) is 36.3 Å². The van der Waals surface area contributed by atoms with Gasteiger partial charge in [-0.25, -0.2) is 9.59 Å². The third kappa shape index (κ3) is 10.0. The number of carbonyl (C=O) groups is 5. The molecule has 2 atom stereocenters.